The lowest BCUT2D eigenvalue weighted by molar-refractivity contribution is -0.137. The molecule has 5 nitrogen and oxygen atoms in total. The zero-order chi connectivity index (χ0) is 14.2. The molecule has 0 fully saturated rings. The largest absolute Gasteiger partial charge is 0.493 e. The van der Waals surface area contributed by atoms with Gasteiger partial charge >= 0.3 is 6.18 Å². The van der Waals surface area contributed by atoms with Crippen LogP contribution >= 0.6 is 0 Å². The van der Waals surface area contributed by atoms with Crippen LogP contribution < -0.4 is 11.3 Å². The topological polar surface area (TPSA) is 84.0 Å². The Bertz CT molecular complexity index is 658. The molecule has 0 aliphatic heterocycles. The minimum atomic E-state index is -4.60. The summed E-state index contributed by atoms with van der Waals surface area (Å²) in [5, 5.41) is 11.9. The zero-order valence-corrected chi connectivity index (χ0v) is 9.53. The third kappa shape index (κ3) is 2.22. The number of nitrogens with zero attached hydrogens (tertiary/aromatic N) is 1. The van der Waals surface area contributed by atoms with E-state index in [0.29, 0.717) is 4.68 Å². The van der Waals surface area contributed by atoms with Crippen molar-refractivity contribution in [2.24, 2.45) is 5.73 Å². The van der Waals surface area contributed by atoms with Gasteiger partial charge in [0, 0.05) is 6.54 Å². The smallest absolute Gasteiger partial charge is 0.418 e. The Labute approximate surface area is 105 Å². The van der Waals surface area contributed by atoms with Crippen molar-refractivity contribution in [2.45, 2.75) is 12.7 Å². The highest BCUT2D eigenvalue weighted by molar-refractivity contribution is 5.45. The number of nitrogens with one attached hydrogen (secondary N) is 1. The number of H-pyrrole nitrogens is 1. The molecule has 1 aromatic carbocycles. The molecule has 0 unspecified atom stereocenters. The van der Waals surface area contributed by atoms with E-state index in [1.807, 2.05) is 0 Å². The highest BCUT2D eigenvalue weighted by atomic mass is 19.4. The van der Waals surface area contributed by atoms with Gasteiger partial charge in [-0.05, 0) is 12.1 Å². The lowest BCUT2D eigenvalue weighted by Gasteiger charge is -2.13. The van der Waals surface area contributed by atoms with Crippen LogP contribution in [0.5, 0.6) is 5.88 Å². The summed E-state index contributed by atoms with van der Waals surface area (Å²) in [4.78, 5) is 11.4. The number of hydrogen-bond acceptors (Lipinski definition) is 3. The molecule has 4 N–H and O–H groups in total. The summed E-state index contributed by atoms with van der Waals surface area (Å²) in [6.45, 7) is -0.275. The maximum Gasteiger partial charge on any atom is 0.418 e. The van der Waals surface area contributed by atoms with Crippen molar-refractivity contribution < 1.29 is 18.3 Å². The highest BCUT2D eigenvalue weighted by Crippen LogP contribution is 2.34. The van der Waals surface area contributed by atoms with Gasteiger partial charge in [-0.3, -0.25) is 9.89 Å². The Balaban J connectivity index is 2.70. The number of aromatic amines is 1. The Morgan fingerprint density at radius 1 is 1.32 bits per heavy atom. The van der Waals surface area contributed by atoms with Crippen LogP contribution in [0.3, 0.4) is 0 Å². The number of halogens is 3. The molecule has 8 heteroatoms. The summed E-state index contributed by atoms with van der Waals surface area (Å²) in [5.74, 6) is -0.621. The number of nitrogens with two attached hydrogens (primary N) is 1. The van der Waals surface area contributed by atoms with E-state index in [9.17, 15) is 23.1 Å². The molecular formula is C11H10F3N3O2. The van der Waals surface area contributed by atoms with E-state index < -0.39 is 23.2 Å². The van der Waals surface area contributed by atoms with Crippen molar-refractivity contribution in [3.05, 3.63) is 45.7 Å². The summed E-state index contributed by atoms with van der Waals surface area (Å²) < 4.78 is 39.2. The maximum absolute atomic E-state index is 12.8. The van der Waals surface area contributed by atoms with Crippen LogP contribution in [0.15, 0.2) is 29.1 Å². The lowest BCUT2D eigenvalue weighted by Crippen LogP contribution is -2.13. The van der Waals surface area contributed by atoms with E-state index >= 15 is 0 Å². The van der Waals surface area contributed by atoms with E-state index in [1.165, 1.54) is 12.1 Å². The van der Waals surface area contributed by atoms with Crippen LogP contribution in [0.2, 0.25) is 0 Å². The van der Waals surface area contributed by atoms with E-state index in [0.717, 1.165) is 12.1 Å². The van der Waals surface area contributed by atoms with Gasteiger partial charge in [-0.1, -0.05) is 12.1 Å². The number of aromatic hydroxyl groups is 1. The molecule has 2 aromatic rings. The van der Waals surface area contributed by atoms with Gasteiger partial charge in [0.15, 0.2) is 0 Å². The monoisotopic (exact) mass is 273 g/mol. The fourth-order valence-corrected chi connectivity index (χ4v) is 1.73. The van der Waals surface area contributed by atoms with Crippen molar-refractivity contribution in [1.82, 2.24) is 9.78 Å². The van der Waals surface area contributed by atoms with Crippen molar-refractivity contribution in [1.29, 1.82) is 0 Å². The average Bonchev–Trinajstić information content (AvgIpc) is 2.63. The first-order valence-corrected chi connectivity index (χ1v) is 5.25. The molecular weight excluding hydrogens is 263 g/mol. The first kappa shape index (κ1) is 13.2. The molecule has 1 aromatic heterocycles. The van der Waals surface area contributed by atoms with Gasteiger partial charge in [0.05, 0.1) is 16.8 Å². The molecule has 0 saturated heterocycles. The van der Waals surface area contributed by atoms with Gasteiger partial charge in [0.2, 0.25) is 5.88 Å². The second kappa shape index (κ2) is 4.47. The van der Waals surface area contributed by atoms with Crippen molar-refractivity contribution in [3.63, 3.8) is 0 Å². The van der Waals surface area contributed by atoms with Gasteiger partial charge in [-0.15, -0.1) is 0 Å². The third-order valence-electron chi connectivity index (χ3n) is 2.62. The maximum atomic E-state index is 12.8. The first-order valence-electron chi connectivity index (χ1n) is 5.25. The number of alkyl halides is 3. The normalized spacial score (nSPS) is 11.8. The van der Waals surface area contributed by atoms with Crippen molar-refractivity contribution in [3.8, 4) is 11.6 Å². The van der Waals surface area contributed by atoms with Crippen LogP contribution in [0.25, 0.3) is 5.69 Å². The number of hydrogen-bond donors (Lipinski definition) is 3. The summed E-state index contributed by atoms with van der Waals surface area (Å²) in [7, 11) is 0. The molecule has 102 valence electrons. The second-order valence-electron chi connectivity index (χ2n) is 3.80. The fraction of sp³-hybridized carbons (Fsp3) is 0.182. The number of aromatic nitrogens is 2. The molecule has 2 rings (SSSR count). The van der Waals surface area contributed by atoms with Gasteiger partial charge in [-0.2, -0.15) is 13.2 Å². The molecule has 1 heterocycles. The molecule has 0 aliphatic rings. The summed E-state index contributed by atoms with van der Waals surface area (Å²) in [5.41, 5.74) is 3.01. The van der Waals surface area contributed by atoms with E-state index in [4.69, 9.17) is 5.73 Å². The number of rotatable bonds is 2. The van der Waals surface area contributed by atoms with Crippen molar-refractivity contribution >= 4 is 0 Å². The van der Waals surface area contributed by atoms with Crippen LogP contribution in [0.1, 0.15) is 11.1 Å². The van der Waals surface area contributed by atoms with Crippen LogP contribution in [0, 0.1) is 0 Å². The van der Waals surface area contributed by atoms with Crippen LogP contribution in [0.4, 0.5) is 13.2 Å². The summed E-state index contributed by atoms with van der Waals surface area (Å²) in [6, 6.07) is 4.58. The summed E-state index contributed by atoms with van der Waals surface area (Å²) >= 11 is 0. The standard InChI is InChI=1S/C11H10F3N3O2/c12-11(13,14)7-3-1-2-4-8(7)17-10(19)6(5-15)9(18)16-17/h1-4,19H,5,15H2,(H,16,18). The molecule has 0 bridgehead atoms. The second-order valence-corrected chi connectivity index (χ2v) is 3.80. The third-order valence-corrected chi connectivity index (χ3v) is 2.62. The van der Waals surface area contributed by atoms with Gasteiger partial charge in [0.25, 0.3) is 5.56 Å². The van der Waals surface area contributed by atoms with Gasteiger partial charge in [0.1, 0.15) is 0 Å². The molecule has 0 amide bonds. The van der Waals surface area contributed by atoms with Crippen LogP contribution in [-0.4, -0.2) is 14.9 Å². The van der Waals surface area contributed by atoms with E-state index in [1.54, 1.807) is 0 Å². The average molecular weight is 273 g/mol. The lowest BCUT2D eigenvalue weighted by atomic mass is 10.1. The number of para-hydroxylation sites is 1. The van der Waals surface area contributed by atoms with E-state index in [-0.39, 0.29) is 17.8 Å². The molecule has 0 aliphatic carbocycles. The minimum Gasteiger partial charge on any atom is -0.493 e. The van der Waals surface area contributed by atoms with Crippen LogP contribution in [-0.2, 0) is 12.7 Å². The molecule has 0 saturated carbocycles. The Morgan fingerprint density at radius 2 is 1.95 bits per heavy atom. The Hall–Kier alpha value is -2.22. The zero-order valence-electron chi connectivity index (χ0n) is 9.53. The number of benzene rings is 1. The van der Waals surface area contributed by atoms with Crippen molar-refractivity contribution in [2.75, 3.05) is 0 Å². The van der Waals surface area contributed by atoms with Gasteiger partial charge < -0.3 is 10.8 Å². The Morgan fingerprint density at radius 3 is 2.47 bits per heavy atom. The fourth-order valence-electron chi connectivity index (χ4n) is 1.73. The Kier molecular flexibility index (Phi) is 3.11. The molecule has 19 heavy (non-hydrogen) atoms. The highest BCUT2D eigenvalue weighted by Gasteiger charge is 2.34. The minimum absolute atomic E-state index is 0.169. The quantitative estimate of drug-likeness (QED) is 0.772. The molecule has 0 spiro atoms. The summed E-state index contributed by atoms with van der Waals surface area (Å²) in [6.07, 6.45) is -4.60. The predicted octanol–water partition coefficient (Wildman–Crippen LogP) is 1.35. The predicted molar refractivity (Wildman–Crippen MR) is 60.9 cm³/mol. The van der Waals surface area contributed by atoms with Gasteiger partial charge in [-0.25, -0.2) is 4.68 Å². The molecule has 0 atom stereocenters. The van der Waals surface area contributed by atoms with E-state index in [2.05, 4.69) is 5.10 Å². The molecule has 0 radical (unpaired) electrons. The first-order chi connectivity index (χ1) is 8.86. The SMILES string of the molecule is NCc1c(O)n(-c2ccccc2C(F)(F)F)[nH]c1=O.